The molecule has 0 fully saturated rings. The summed E-state index contributed by atoms with van der Waals surface area (Å²) >= 11 is 0. The number of nitrogens with one attached hydrogen (secondary N) is 2. The highest BCUT2D eigenvalue weighted by molar-refractivity contribution is 7.89. The first-order chi connectivity index (χ1) is 13.0. The molecule has 2 N–H and O–H groups in total. The van der Waals surface area contributed by atoms with E-state index >= 15 is 0 Å². The quantitative estimate of drug-likeness (QED) is 0.530. The van der Waals surface area contributed by atoms with E-state index in [0.717, 1.165) is 42.5 Å². The monoisotopic (exact) mass is 417 g/mol. The minimum atomic E-state index is -4.55. The minimum absolute atomic E-state index is 0.0712. The molecule has 0 saturated heterocycles. The normalized spacial score (nSPS) is 11.8. The minimum Gasteiger partial charge on any atom is -0.326 e. The summed E-state index contributed by atoms with van der Waals surface area (Å²) in [4.78, 5) is 21.5. The van der Waals surface area contributed by atoms with Gasteiger partial charge >= 0.3 is 6.18 Å². The van der Waals surface area contributed by atoms with Crippen LogP contribution >= 0.6 is 0 Å². The third-order valence-electron chi connectivity index (χ3n) is 3.48. The first-order valence-electron chi connectivity index (χ1n) is 7.70. The first kappa shape index (κ1) is 21.3. The first-order valence-corrected chi connectivity index (χ1v) is 9.18. The third-order valence-corrected chi connectivity index (χ3v) is 4.95. The van der Waals surface area contributed by atoms with Crippen LogP contribution < -0.4 is 10.0 Å². The molecule has 0 saturated carbocycles. The van der Waals surface area contributed by atoms with Crippen molar-refractivity contribution in [2.45, 2.75) is 17.5 Å². The molecule has 0 aromatic heterocycles. The van der Waals surface area contributed by atoms with Gasteiger partial charge in [-0.15, -0.1) is 0 Å². The van der Waals surface area contributed by atoms with Gasteiger partial charge in [-0.25, -0.2) is 13.1 Å². The van der Waals surface area contributed by atoms with Gasteiger partial charge in [0, 0.05) is 30.8 Å². The average Bonchev–Trinajstić information content (AvgIpc) is 2.61. The van der Waals surface area contributed by atoms with E-state index in [9.17, 15) is 36.5 Å². The van der Waals surface area contributed by atoms with E-state index in [1.54, 1.807) is 0 Å². The lowest BCUT2D eigenvalue weighted by atomic mass is 10.2. The molecule has 12 heteroatoms. The number of anilines is 1. The van der Waals surface area contributed by atoms with Crippen molar-refractivity contribution in [2.24, 2.45) is 0 Å². The Morgan fingerprint density at radius 2 is 1.75 bits per heavy atom. The van der Waals surface area contributed by atoms with E-state index in [1.807, 2.05) is 0 Å². The molecule has 0 unspecified atom stereocenters. The van der Waals surface area contributed by atoms with Gasteiger partial charge in [-0.05, 0) is 30.3 Å². The number of hydrogen-bond donors (Lipinski definition) is 2. The zero-order valence-corrected chi connectivity index (χ0v) is 14.9. The standard InChI is InChI=1S/C16H14F3N3O5S/c17-16(18,19)11-2-1-3-12(10-11)21-15(23)8-9-20-28(26,27)14-6-4-13(5-7-14)22(24)25/h1-7,10,20H,8-9H2,(H,21,23). The number of benzene rings is 2. The Hall–Kier alpha value is -2.99. The molecule has 2 aromatic rings. The highest BCUT2D eigenvalue weighted by Gasteiger charge is 2.30. The Morgan fingerprint density at radius 3 is 2.32 bits per heavy atom. The molecular formula is C16H14F3N3O5S. The molecule has 0 aliphatic carbocycles. The summed E-state index contributed by atoms with van der Waals surface area (Å²) in [5.41, 5.74) is -1.28. The number of halogens is 3. The summed E-state index contributed by atoms with van der Waals surface area (Å²) in [5, 5.41) is 12.8. The van der Waals surface area contributed by atoms with Gasteiger partial charge < -0.3 is 5.32 Å². The number of hydrogen-bond acceptors (Lipinski definition) is 5. The number of amides is 1. The van der Waals surface area contributed by atoms with Crippen molar-refractivity contribution in [1.29, 1.82) is 0 Å². The van der Waals surface area contributed by atoms with E-state index in [4.69, 9.17) is 0 Å². The molecule has 0 atom stereocenters. The molecule has 8 nitrogen and oxygen atoms in total. The van der Waals surface area contributed by atoms with E-state index in [1.165, 1.54) is 6.07 Å². The maximum absolute atomic E-state index is 12.6. The number of alkyl halides is 3. The van der Waals surface area contributed by atoms with Crippen LogP contribution in [0.4, 0.5) is 24.5 Å². The molecule has 1 amide bonds. The molecule has 150 valence electrons. The summed E-state index contributed by atoms with van der Waals surface area (Å²) in [6, 6.07) is 8.16. The third kappa shape index (κ3) is 5.76. The van der Waals surface area contributed by atoms with E-state index in [0.29, 0.717) is 0 Å². The largest absolute Gasteiger partial charge is 0.416 e. The number of nitro benzene ring substituents is 1. The van der Waals surface area contributed by atoms with Crippen LogP contribution in [-0.4, -0.2) is 25.8 Å². The second kappa shape index (κ2) is 8.35. The summed E-state index contributed by atoms with van der Waals surface area (Å²) in [6.45, 7) is -0.315. The fourth-order valence-electron chi connectivity index (χ4n) is 2.13. The summed E-state index contributed by atoms with van der Waals surface area (Å²) in [5.74, 6) is -0.689. The Balaban J connectivity index is 1.92. The lowest BCUT2D eigenvalue weighted by Crippen LogP contribution is -2.27. The predicted molar refractivity (Wildman–Crippen MR) is 93.0 cm³/mol. The molecule has 28 heavy (non-hydrogen) atoms. The molecule has 0 radical (unpaired) electrons. The number of nitrogens with zero attached hydrogens (tertiary/aromatic N) is 1. The van der Waals surface area contributed by atoms with Crippen molar-refractivity contribution < 1.29 is 31.3 Å². The van der Waals surface area contributed by atoms with Crippen LogP contribution in [-0.2, 0) is 21.0 Å². The zero-order valence-electron chi connectivity index (χ0n) is 14.1. The Labute approximate surface area is 157 Å². The van der Waals surface area contributed by atoms with Gasteiger partial charge in [-0.3, -0.25) is 14.9 Å². The van der Waals surface area contributed by atoms with Gasteiger partial charge in [0.15, 0.2) is 0 Å². The van der Waals surface area contributed by atoms with Crippen molar-refractivity contribution >= 4 is 27.3 Å². The van der Waals surface area contributed by atoms with Crippen LogP contribution in [0.1, 0.15) is 12.0 Å². The second-order valence-electron chi connectivity index (χ2n) is 5.53. The summed E-state index contributed by atoms with van der Waals surface area (Å²) < 4.78 is 64.2. The second-order valence-corrected chi connectivity index (χ2v) is 7.29. The van der Waals surface area contributed by atoms with E-state index < -0.39 is 32.6 Å². The molecule has 2 aromatic carbocycles. The number of carbonyl (C=O) groups is 1. The van der Waals surface area contributed by atoms with Crippen molar-refractivity contribution in [3.05, 3.63) is 64.2 Å². The molecular weight excluding hydrogens is 403 g/mol. The number of nitro groups is 1. The number of non-ortho nitro benzene ring substituents is 1. The highest BCUT2D eigenvalue weighted by atomic mass is 32.2. The Bertz CT molecular complexity index is 976. The Morgan fingerprint density at radius 1 is 1.11 bits per heavy atom. The molecule has 0 aliphatic heterocycles. The maximum Gasteiger partial charge on any atom is 0.416 e. The number of sulfonamides is 1. The molecule has 2 rings (SSSR count). The molecule has 0 aliphatic rings. The SMILES string of the molecule is O=C(CCNS(=O)(=O)c1ccc([N+](=O)[O-])cc1)Nc1cccc(C(F)(F)F)c1. The van der Waals surface area contributed by atoms with Crippen LogP contribution in [0.5, 0.6) is 0 Å². The van der Waals surface area contributed by atoms with Crippen LogP contribution in [0.3, 0.4) is 0 Å². The van der Waals surface area contributed by atoms with Crippen LogP contribution in [0, 0.1) is 10.1 Å². The summed E-state index contributed by atoms with van der Waals surface area (Å²) in [7, 11) is -4.00. The summed E-state index contributed by atoms with van der Waals surface area (Å²) in [6.07, 6.45) is -4.89. The van der Waals surface area contributed by atoms with Gasteiger partial charge in [0.1, 0.15) is 0 Å². The van der Waals surface area contributed by atoms with Crippen molar-refractivity contribution in [2.75, 3.05) is 11.9 Å². The smallest absolute Gasteiger partial charge is 0.326 e. The van der Waals surface area contributed by atoms with Crippen molar-refractivity contribution in [1.82, 2.24) is 4.72 Å². The van der Waals surface area contributed by atoms with Crippen LogP contribution in [0.2, 0.25) is 0 Å². The lowest BCUT2D eigenvalue weighted by molar-refractivity contribution is -0.384. The van der Waals surface area contributed by atoms with Gasteiger partial charge in [0.25, 0.3) is 5.69 Å². The Kier molecular flexibility index (Phi) is 6.36. The fourth-order valence-corrected chi connectivity index (χ4v) is 3.16. The van der Waals surface area contributed by atoms with Crippen LogP contribution in [0.25, 0.3) is 0 Å². The number of rotatable bonds is 7. The van der Waals surface area contributed by atoms with Crippen molar-refractivity contribution in [3.63, 3.8) is 0 Å². The van der Waals surface area contributed by atoms with Gasteiger partial charge in [0.2, 0.25) is 15.9 Å². The van der Waals surface area contributed by atoms with Gasteiger partial charge in [-0.2, -0.15) is 13.2 Å². The van der Waals surface area contributed by atoms with Crippen molar-refractivity contribution in [3.8, 4) is 0 Å². The predicted octanol–water partition coefficient (Wildman–Crippen LogP) is 2.92. The average molecular weight is 417 g/mol. The maximum atomic E-state index is 12.6. The van der Waals surface area contributed by atoms with Crippen LogP contribution in [0.15, 0.2) is 53.4 Å². The number of carbonyl (C=O) groups excluding carboxylic acids is 1. The fraction of sp³-hybridized carbons (Fsp3) is 0.188. The van der Waals surface area contributed by atoms with E-state index in [2.05, 4.69) is 10.0 Å². The highest BCUT2D eigenvalue weighted by Crippen LogP contribution is 2.30. The molecule has 0 spiro atoms. The van der Waals surface area contributed by atoms with Gasteiger partial charge in [0.05, 0.1) is 15.4 Å². The zero-order chi connectivity index (χ0) is 20.9. The topological polar surface area (TPSA) is 118 Å². The van der Waals surface area contributed by atoms with E-state index in [-0.39, 0.29) is 29.2 Å². The molecule has 0 heterocycles. The van der Waals surface area contributed by atoms with Gasteiger partial charge in [-0.1, -0.05) is 6.07 Å². The molecule has 0 bridgehead atoms. The lowest BCUT2D eigenvalue weighted by Gasteiger charge is -2.10.